The van der Waals surface area contributed by atoms with E-state index in [4.69, 9.17) is 14.2 Å². The van der Waals surface area contributed by atoms with E-state index in [0.29, 0.717) is 43.9 Å². The molecule has 0 aromatic heterocycles. The van der Waals surface area contributed by atoms with Crippen LogP contribution in [0.15, 0.2) is 24.3 Å². The molecule has 8 nitrogen and oxygen atoms in total. The molecule has 1 amide bonds. The smallest absolute Gasteiger partial charge is 0.409 e. The third-order valence-electron chi connectivity index (χ3n) is 3.63. The van der Waals surface area contributed by atoms with Gasteiger partial charge < -0.3 is 19.1 Å². The van der Waals surface area contributed by atoms with E-state index in [1.807, 2.05) is 18.7 Å². The highest BCUT2D eigenvalue weighted by atomic mass is 16.6. The van der Waals surface area contributed by atoms with Gasteiger partial charge in [-0.3, -0.25) is 4.90 Å². The quantitative estimate of drug-likeness (QED) is 0.273. The van der Waals surface area contributed by atoms with Crippen LogP contribution in [0.5, 0.6) is 0 Å². The van der Waals surface area contributed by atoms with E-state index >= 15 is 0 Å². The molecule has 0 bridgehead atoms. The summed E-state index contributed by atoms with van der Waals surface area (Å²) in [5, 5.41) is 0. The number of carbonyl (C=O) groups excluding carboxylic acids is 3. The first-order valence-electron chi connectivity index (χ1n) is 9.02. The fraction of sp³-hybridized carbons (Fsp3) is 0.632. The van der Waals surface area contributed by atoms with Gasteiger partial charge >= 0.3 is 18.0 Å². The van der Waals surface area contributed by atoms with Gasteiger partial charge in [0.1, 0.15) is 19.8 Å². The zero-order valence-electron chi connectivity index (χ0n) is 16.9. The van der Waals surface area contributed by atoms with Crippen LogP contribution in [0.25, 0.3) is 0 Å². The summed E-state index contributed by atoms with van der Waals surface area (Å²) in [6.07, 6.45) is -0.373. The Balaban J connectivity index is 4.46. The minimum Gasteiger partial charge on any atom is -0.461 e. The molecular formula is C19H32N2O6. The number of hydrogen-bond acceptors (Lipinski definition) is 7. The monoisotopic (exact) mass is 384 g/mol. The number of nitrogens with zero attached hydrogens (tertiary/aromatic N) is 2. The minimum atomic E-state index is -0.461. The molecule has 0 aliphatic rings. The highest BCUT2D eigenvalue weighted by Gasteiger charge is 2.13. The van der Waals surface area contributed by atoms with Gasteiger partial charge in [-0.25, -0.2) is 14.4 Å². The number of ether oxygens (including phenoxy) is 3. The Kier molecular flexibility index (Phi) is 12.6. The van der Waals surface area contributed by atoms with Gasteiger partial charge in [0.25, 0.3) is 0 Å². The van der Waals surface area contributed by atoms with E-state index in [9.17, 15) is 14.4 Å². The molecule has 8 heteroatoms. The van der Waals surface area contributed by atoms with E-state index in [0.717, 1.165) is 0 Å². The Morgan fingerprint density at radius 1 is 0.741 bits per heavy atom. The second-order valence-electron chi connectivity index (χ2n) is 5.96. The first kappa shape index (κ1) is 24.7. The summed E-state index contributed by atoms with van der Waals surface area (Å²) in [5.74, 6) is -0.923. The molecule has 154 valence electrons. The predicted molar refractivity (Wildman–Crippen MR) is 102 cm³/mol. The first-order chi connectivity index (χ1) is 12.7. The first-order valence-corrected chi connectivity index (χ1v) is 9.02. The topological polar surface area (TPSA) is 85.4 Å². The molecule has 0 saturated carbocycles. The fourth-order valence-corrected chi connectivity index (χ4v) is 1.95. The van der Waals surface area contributed by atoms with Crippen molar-refractivity contribution in [2.45, 2.75) is 27.7 Å². The van der Waals surface area contributed by atoms with Crippen LogP contribution in [0.1, 0.15) is 27.7 Å². The van der Waals surface area contributed by atoms with Crippen molar-refractivity contribution in [1.82, 2.24) is 9.80 Å². The molecule has 0 spiro atoms. The van der Waals surface area contributed by atoms with Gasteiger partial charge in [0.2, 0.25) is 0 Å². The molecule has 0 aromatic rings. The van der Waals surface area contributed by atoms with Crippen LogP contribution in [-0.4, -0.2) is 80.4 Å². The summed E-state index contributed by atoms with van der Waals surface area (Å²) in [6.45, 7) is 16.8. The summed E-state index contributed by atoms with van der Waals surface area (Å²) in [4.78, 5) is 38.2. The van der Waals surface area contributed by atoms with Crippen molar-refractivity contribution in [2.75, 3.05) is 52.5 Å². The molecule has 0 saturated heterocycles. The van der Waals surface area contributed by atoms with Gasteiger partial charge in [-0.05, 0) is 27.7 Å². The van der Waals surface area contributed by atoms with Crippen LogP contribution in [-0.2, 0) is 23.8 Å². The van der Waals surface area contributed by atoms with Gasteiger partial charge in [0.05, 0.1) is 0 Å². The number of esters is 2. The Morgan fingerprint density at radius 2 is 1.11 bits per heavy atom. The SMILES string of the molecule is C=C(C)C(=O)OCCN(CCOC(=O)C(=C)C)CCOC(=O)N(CC)CC. The average Bonchev–Trinajstić information content (AvgIpc) is 2.61. The molecule has 0 atom stereocenters. The minimum absolute atomic E-state index is 0.157. The lowest BCUT2D eigenvalue weighted by Crippen LogP contribution is -2.37. The standard InChI is InChI=1S/C19H32N2O6/c1-7-21(8-2)19(24)27-14-11-20(9-12-25-17(22)15(3)4)10-13-26-18(23)16(5)6/h3,5,7-14H2,1-2,4,6H3. The van der Waals surface area contributed by atoms with Crippen molar-refractivity contribution in [1.29, 1.82) is 0 Å². The zero-order valence-corrected chi connectivity index (χ0v) is 16.9. The maximum atomic E-state index is 11.9. The molecule has 0 aliphatic heterocycles. The van der Waals surface area contributed by atoms with Crippen LogP contribution in [0, 0.1) is 0 Å². The van der Waals surface area contributed by atoms with Crippen LogP contribution in [0.4, 0.5) is 4.79 Å². The molecule has 0 heterocycles. The van der Waals surface area contributed by atoms with E-state index in [1.165, 1.54) is 0 Å². The lowest BCUT2D eigenvalue weighted by atomic mass is 10.3. The van der Waals surface area contributed by atoms with Gasteiger partial charge in [-0.2, -0.15) is 0 Å². The Morgan fingerprint density at radius 3 is 1.44 bits per heavy atom. The van der Waals surface area contributed by atoms with E-state index in [-0.39, 0.29) is 25.9 Å². The average molecular weight is 384 g/mol. The summed E-state index contributed by atoms with van der Waals surface area (Å²) in [6, 6.07) is 0. The summed E-state index contributed by atoms with van der Waals surface area (Å²) < 4.78 is 15.4. The molecule has 0 aromatic carbocycles. The maximum absolute atomic E-state index is 11.9. The second-order valence-corrected chi connectivity index (χ2v) is 5.96. The second kappa shape index (κ2) is 13.8. The van der Waals surface area contributed by atoms with Crippen molar-refractivity contribution in [2.24, 2.45) is 0 Å². The molecule has 0 rings (SSSR count). The molecule has 0 unspecified atom stereocenters. The van der Waals surface area contributed by atoms with Crippen molar-refractivity contribution < 1.29 is 28.6 Å². The molecule has 0 fully saturated rings. The number of rotatable bonds is 13. The summed E-state index contributed by atoms with van der Waals surface area (Å²) >= 11 is 0. The van der Waals surface area contributed by atoms with E-state index < -0.39 is 11.9 Å². The van der Waals surface area contributed by atoms with E-state index in [2.05, 4.69) is 13.2 Å². The number of hydrogen-bond donors (Lipinski definition) is 0. The van der Waals surface area contributed by atoms with Crippen molar-refractivity contribution >= 4 is 18.0 Å². The highest BCUT2D eigenvalue weighted by Crippen LogP contribution is 1.98. The third kappa shape index (κ3) is 11.1. The summed E-state index contributed by atoms with van der Waals surface area (Å²) in [7, 11) is 0. The predicted octanol–water partition coefficient (Wildman–Crippen LogP) is 2.01. The van der Waals surface area contributed by atoms with Gasteiger partial charge in [0.15, 0.2) is 0 Å². The van der Waals surface area contributed by atoms with Gasteiger partial charge in [-0.1, -0.05) is 13.2 Å². The highest BCUT2D eigenvalue weighted by molar-refractivity contribution is 5.87. The van der Waals surface area contributed by atoms with Crippen molar-refractivity contribution in [3.63, 3.8) is 0 Å². The number of amides is 1. The lowest BCUT2D eigenvalue weighted by molar-refractivity contribution is -0.139. The Hall–Kier alpha value is -2.35. The van der Waals surface area contributed by atoms with Crippen LogP contribution >= 0.6 is 0 Å². The van der Waals surface area contributed by atoms with Gasteiger partial charge in [0, 0.05) is 43.9 Å². The molecule has 0 N–H and O–H groups in total. The zero-order chi connectivity index (χ0) is 20.8. The lowest BCUT2D eigenvalue weighted by Gasteiger charge is -2.23. The number of carbonyl (C=O) groups is 3. The molecular weight excluding hydrogens is 352 g/mol. The van der Waals surface area contributed by atoms with E-state index in [1.54, 1.807) is 18.7 Å². The molecule has 0 radical (unpaired) electrons. The van der Waals surface area contributed by atoms with Crippen LogP contribution in [0.2, 0.25) is 0 Å². The van der Waals surface area contributed by atoms with Crippen molar-refractivity contribution in [3.8, 4) is 0 Å². The van der Waals surface area contributed by atoms with Crippen LogP contribution in [0.3, 0.4) is 0 Å². The normalized spacial score (nSPS) is 10.3. The third-order valence-corrected chi connectivity index (χ3v) is 3.63. The molecule has 0 aliphatic carbocycles. The Labute approximate surface area is 161 Å². The largest absolute Gasteiger partial charge is 0.461 e. The van der Waals surface area contributed by atoms with Crippen LogP contribution < -0.4 is 0 Å². The maximum Gasteiger partial charge on any atom is 0.409 e. The summed E-state index contributed by atoms with van der Waals surface area (Å²) in [5.41, 5.74) is 0.648. The van der Waals surface area contributed by atoms with Gasteiger partial charge in [-0.15, -0.1) is 0 Å². The molecule has 27 heavy (non-hydrogen) atoms. The Bertz CT molecular complexity index is 496. The fourth-order valence-electron chi connectivity index (χ4n) is 1.95. The van der Waals surface area contributed by atoms with Crippen molar-refractivity contribution in [3.05, 3.63) is 24.3 Å².